The molecule has 0 saturated carbocycles. The molecule has 0 radical (unpaired) electrons. The maximum atomic E-state index is 11.7. The van der Waals surface area contributed by atoms with Crippen LogP contribution in [0.3, 0.4) is 0 Å². The number of piperidine rings is 1. The zero-order chi connectivity index (χ0) is 18.4. The Morgan fingerprint density at radius 3 is 2.85 bits per heavy atom. The number of hydrogen-bond donors (Lipinski definition) is 1. The number of rotatable bonds is 8. The monoisotopic (exact) mass is 359 g/mol. The van der Waals surface area contributed by atoms with Crippen LogP contribution in [0.1, 0.15) is 37.7 Å². The van der Waals surface area contributed by atoms with Crippen molar-refractivity contribution in [2.45, 2.75) is 38.5 Å². The van der Waals surface area contributed by atoms with Crippen LogP contribution in [-0.4, -0.2) is 56.5 Å². The standard InChI is InChI=1S/C20H29N3O3/c1-22-17-8-7-16(14-18(17)26-15-20(22)25)9-11-21-10-3-5-13-23-12-4-2-6-19(23)24/h7-8,14,21H,2-6,9-13,15H2,1H3. The van der Waals surface area contributed by atoms with Crippen LogP contribution >= 0.6 is 0 Å². The first-order valence-electron chi connectivity index (χ1n) is 9.66. The summed E-state index contributed by atoms with van der Waals surface area (Å²) in [7, 11) is 1.78. The van der Waals surface area contributed by atoms with Crippen LogP contribution in [0.5, 0.6) is 5.75 Å². The van der Waals surface area contributed by atoms with Gasteiger partial charge < -0.3 is 19.9 Å². The van der Waals surface area contributed by atoms with Gasteiger partial charge in [0.15, 0.2) is 6.61 Å². The predicted octanol–water partition coefficient (Wildman–Crippen LogP) is 1.97. The lowest BCUT2D eigenvalue weighted by Gasteiger charge is -2.26. The molecule has 0 unspecified atom stereocenters. The zero-order valence-electron chi connectivity index (χ0n) is 15.6. The Morgan fingerprint density at radius 2 is 2.00 bits per heavy atom. The minimum Gasteiger partial charge on any atom is -0.482 e. The molecule has 0 atom stereocenters. The molecule has 142 valence electrons. The molecule has 26 heavy (non-hydrogen) atoms. The number of benzene rings is 1. The van der Waals surface area contributed by atoms with Crippen LogP contribution in [0.4, 0.5) is 5.69 Å². The second kappa shape index (κ2) is 9.03. The molecule has 1 saturated heterocycles. The number of carbonyl (C=O) groups is 2. The molecule has 2 heterocycles. The van der Waals surface area contributed by atoms with E-state index in [-0.39, 0.29) is 12.5 Å². The van der Waals surface area contributed by atoms with Gasteiger partial charge in [0, 0.05) is 26.6 Å². The molecule has 0 bridgehead atoms. The largest absolute Gasteiger partial charge is 0.482 e. The first-order valence-corrected chi connectivity index (χ1v) is 9.66. The van der Waals surface area contributed by atoms with E-state index >= 15 is 0 Å². The van der Waals surface area contributed by atoms with E-state index in [2.05, 4.69) is 11.4 Å². The maximum absolute atomic E-state index is 11.7. The third kappa shape index (κ3) is 4.75. The summed E-state index contributed by atoms with van der Waals surface area (Å²) in [4.78, 5) is 27.0. The summed E-state index contributed by atoms with van der Waals surface area (Å²) in [5, 5.41) is 3.47. The molecule has 6 nitrogen and oxygen atoms in total. The van der Waals surface area contributed by atoms with E-state index in [1.165, 1.54) is 5.56 Å². The lowest BCUT2D eigenvalue weighted by Crippen LogP contribution is -2.36. The number of unbranched alkanes of at least 4 members (excludes halogenated alkanes) is 1. The van der Waals surface area contributed by atoms with Crippen molar-refractivity contribution in [3.05, 3.63) is 23.8 Å². The van der Waals surface area contributed by atoms with Crippen LogP contribution < -0.4 is 15.0 Å². The number of nitrogens with zero attached hydrogens (tertiary/aromatic N) is 2. The molecule has 0 spiro atoms. The highest BCUT2D eigenvalue weighted by Gasteiger charge is 2.22. The normalized spacial score (nSPS) is 17.3. The Kier molecular flexibility index (Phi) is 6.50. The molecule has 2 aliphatic rings. The summed E-state index contributed by atoms with van der Waals surface area (Å²) >= 11 is 0. The summed E-state index contributed by atoms with van der Waals surface area (Å²) in [5.74, 6) is 1.10. The average molecular weight is 359 g/mol. The summed E-state index contributed by atoms with van der Waals surface area (Å²) in [6.45, 7) is 3.84. The zero-order valence-corrected chi connectivity index (χ0v) is 15.6. The van der Waals surface area contributed by atoms with Crippen molar-refractivity contribution in [1.82, 2.24) is 10.2 Å². The molecule has 2 aliphatic heterocycles. The molecule has 0 aromatic heterocycles. The predicted molar refractivity (Wildman–Crippen MR) is 102 cm³/mol. The number of carbonyl (C=O) groups excluding carboxylic acids is 2. The SMILES string of the molecule is CN1C(=O)COc2cc(CCNCCCCN3CCCCC3=O)ccc21. The Hall–Kier alpha value is -2.08. The second-order valence-electron chi connectivity index (χ2n) is 7.09. The number of fused-ring (bicyclic) bond motifs is 1. The summed E-state index contributed by atoms with van der Waals surface area (Å²) in [6, 6.07) is 6.04. The summed E-state index contributed by atoms with van der Waals surface area (Å²) < 4.78 is 5.53. The van der Waals surface area contributed by atoms with Crippen LogP contribution in [0, 0.1) is 0 Å². The third-order valence-corrected chi connectivity index (χ3v) is 5.15. The van der Waals surface area contributed by atoms with Crippen molar-refractivity contribution in [2.75, 3.05) is 44.7 Å². The average Bonchev–Trinajstić information content (AvgIpc) is 2.65. The molecular formula is C20H29N3O3. The quantitative estimate of drug-likeness (QED) is 0.721. The summed E-state index contributed by atoms with van der Waals surface area (Å²) in [6.07, 6.45) is 6.01. The van der Waals surface area contributed by atoms with Crippen molar-refractivity contribution in [3.8, 4) is 5.75 Å². The number of nitrogens with one attached hydrogen (secondary N) is 1. The van der Waals surface area contributed by atoms with E-state index in [1.807, 2.05) is 17.0 Å². The molecule has 1 N–H and O–H groups in total. The first kappa shape index (κ1) is 18.7. The highest BCUT2D eigenvalue weighted by Crippen LogP contribution is 2.31. The van der Waals surface area contributed by atoms with E-state index in [1.54, 1.807) is 11.9 Å². The molecule has 1 aromatic carbocycles. The van der Waals surface area contributed by atoms with E-state index in [9.17, 15) is 9.59 Å². The number of likely N-dealkylation sites (tertiary alicyclic amines) is 1. The van der Waals surface area contributed by atoms with Crippen molar-refractivity contribution in [2.24, 2.45) is 0 Å². The molecule has 2 amide bonds. The molecular weight excluding hydrogens is 330 g/mol. The highest BCUT2D eigenvalue weighted by molar-refractivity contribution is 5.97. The number of ether oxygens (including phenoxy) is 1. The Labute approximate surface area is 155 Å². The van der Waals surface area contributed by atoms with Crippen molar-refractivity contribution in [1.29, 1.82) is 0 Å². The van der Waals surface area contributed by atoms with Gasteiger partial charge >= 0.3 is 0 Å². The lowest BCUT2D eigenvalue weighted by atomic mass is 10.1. The van der Waals surface area contributed by atoms with Gasteiger partial charge in [-0.3, -0.25) is 9.59 Å². The van der Waals surface area contributed by atoms with Crippen molar-refractivity contribution in [3.63, 3.8) is 0 Å². The van der Waals surface area contributed by atoms with Gasteiger partial charge in [0.1, 0.15) is 5.75 Å². The molecule has 0 aliphatic carbocycles. The Morgan fingerprint density at radius 1 is 1.12 bits per heavy atom. The van der Waals surface area contributed by atoms with E-state index in [4.69, 9.17) is 4.74 Å². The van der Waals surface area contributed by atoms with E-state index < -0.39 is 0 Å². The van der Waals surface area contributed by atoms with Gasteiger partial charge in [0.2, 0.25) is 5.91 Å². The van der Waals surface area contributed by atoms with E-state index in [0.717, 1.165) is 76.1 Å². The topological polar surface area (TPSA) is 61.9 Å². The van der Waals surface area contributed by atoms with Gasteiger partial charge in [-0.15, -0.1) is 0 Å². The fourth-order valence-corrected chi connectivity index (χ4v) is 3.49. The minimum atomic E-state index is -0.0156. The molecule has 1 fully saturated rings. The van der Waals surface area contributed by atoms with Crippen molar-refractivity contribution < 1.29 is 14.3 Å². The smallest absolute Gasteiger partial charge is 0.264 e. The Bertz CT molecular complexity index is 647. The third-order valence-electron chi connectivity index (χ3n) is 5.15. The maximum Gasteiger partial charge on any atom is 0.264 e. The first-order chi connectivity index (χ1) is 12.6. The number of amides is 2. The van der Waals surface area contributed by atoms with Crippen LogP contribution in [-0.2, 0) is 16.0 Å². The van der Waals surface area contributed by atoms with Gasteiger partial charge in [-0.1, -0.05) is 6.07 Å². The Balaban J connectivity index is 1.32. The number of likely N-dealkylation sites (N-methyl/N-ethyl adjacent to an activating group) is 1. The molecule has 6 heteroatoms. The van der Waals surface area contributed by atoms with Crippen molar-refractivity contribution >= 4 is 17.5 Å². The number of hydrogen-bond acceptors (Lipinski definition) is 4. The lowest BCUT2D eigenvalue weighted by molar-refractivity contribution is -0.133. The van der Waals surface area contributed by atoms with Gasteiger partial charge in [0.05, 0.1) is 5.69 Å². The van der Waals surface area contributed by atoms with Crippen LogP contribution in [0.15, 0.2) is 18.2 Å². The van der Waals surface area contributed by atoms with Gasteiger partial charge in [-0.25, -0.2) is 0 Å². The van der Waals surface area contributed by atoms with Crippen LogP contribution in [0.2, 0.25) is 0 Å². The van der Waals surface area contributed by atoms with Gasteiger partial charge in [-0.2, -0.15) is 0 Å². The van der Waals surface area contributed by atoms with Gasteiger partial charge in [0.25, 0.3) is 5.91 Å². The minimum absolute atomic E-state index is 0.0156. The van der Waals surface area contributed by atoms with Crippen LogP contribution in [0.25, 0.3) is 0 Å². The van der Waals surface area contributed by atoms with Gasteiger partial charge in [-0.05, 0) is 62.9 Å². The fourth-order valence-electron chi connectivity index (χ4n) is 3.49. The molecule has 3 rings (SSSR count). The fraction of sp³-hybridized carbons (Fsp3) is 0.600. The summed E-state index contributed by atoms with van der Waals surface area (Å²) in [5.41, 5.74) is 2.04. The second-order valence-corrected chi connectivity index (χ2v) is 7.09. The number of anilines is 1. The molecule has 1 aromatic rings. The van der Waals surface area contributed by atoms with E-state index in [0.29, 0.717) is 5.91 Å². The highest BCUT2D eigenvalue weighted by atomic mass is 16.5.